The average molecular weight is 428 g/mol. The Kier molecular flexibility index (Phi) is 5.47. The van der Waals surface area contributed by atoms with Crippen molar-refractivity contribution in [2.45, 2.75) is 43.0 Å². The Morgan fingerprint density at radius 3 is 2.33 bits per heavy atom. The summed E-state index contributed by atoms with van der Waals surface area (Å²) in [5.41, 5.74) is 2.06. The maximum absolute atomic E-state index is 13.0. The lowest BCUT2D eigenvalue weighted by molar-refractivity contribution is 0.120. The second-order valence-electron chi connectivity index (χ2n) is 8.47. The molecule has 160 valence electrons. The zero-order valence-corrected chi connectivity index (χ0v) is 18.1. The van der Waals surface area contributed by atoms with E-state index in [1.54, 1.807) is 28.6 Å². The van der Waals surface area contributed by atoms with Gasteiger partial charge >= 0.3 is 0 Å². The molecule has 0 atom stereocenters. The van der Waals surface area contributed by atoms with E-state index in [-0.39, 0.29) is 0 Å². The normalized spacial score (nSPS) is 21.7. The Labute approximate surface area is 178 Å². The minimum atomic E-state index is -3.48. The van der Waals surface area contributed by atoms with Crippen LogP contribution in [0.2, 0.25) is 0 Å². The Morgan fingerprint density at radius 1 is 0.900 bits per heavy atom. The van der Waals surface area contributed by atoms with Crippen LogP contribution in [0.25, 0.3) is 0 Å². The highest BCUT2D eigenvalue weighted by atomic mass is 32.2. The molecule has 0 N–H and O–H groups in total. The van der Waals surface area contributed by atoms with E-state index in [4.69, 9.17) is 4.98 Å². The fourth-order valence-electron chi connectivity index (χ4n) is 4.62. The molecule has 1 aromatic heterocycles. The number of anilines is 1. The molecule has 0 unspecified atom stereocenters. The van der Waals surface area contributed by atoms with Gasteiger partial charge in [0.05, 0.1) is 10.6 Å². The number of piperazine rings is 1. The Hall–Kier alpha value is -2.03. The molecule has 0 radical (unpaired) electrons. The molecule has 2 aliphatic heterocycles. The Morgan fingerprint density at radius 2 is 1.63 bits per heavy atom. The molecule has 0 spiro atoms. The first-order valence-corrected chi connectivity index (χ1v) is 12.4. The van der Waals surface area contributed by atoms with Crippen LogP contribution in [0.5, 0.6) is 0 Å². The zero-order chi connectivity index (χ0) is 20.6. The third kappa shape index (κ3) is 3.84. The highest BCUT2D eigenvalue weighted by Crippen LogP contribution is 2.27. The number of hydrogen-bond acceptors (Lipinski definition) is 6. The molecule has 3 aliphatic rings. The van der Waals surface area contributed by atoms with Crippen LogP contribution in [0.4, 0.5) is 5.95 Å². The van der Waals surface area contributed by atoms with Crippen molar-refractivity contribution >= 4 is 16.0 Å². The molecular weight excluding hydrogens is 398 g/mol. The van der Waals surface area contributed by atoms with E-state index in [0.717, 1.165) is 49.4 Å². The van der Waals surface area contributed by atoms with Gasteiger partial charge in [0.25, 0.3) is 0 Å². The number of rotatable bonds is 4. The molecule has 5 rings (SSSR count). The fraction of sp³-hybridized carbons (Fsp3) is 0.545. The summed E-state index contributed by atoms with van der Waals surface area (Å²) in [6.07, 6.45) is 7.25. The van der Waals surface area contributed by atoms with Gasteiger partial charge in [0.1, 0.15) is 0 Å². The van der Waals surface area contributed by atoms with Gasteiger partial charge in [0.2, 0.25) is 16.0 Å². The molecule has 2 fully saturated rings. The first kappa shape index (κ1) is 19.9. The minimum Gasteiger partial charge on any atom is -0.338 e. The summed E-state index contributed by atoms with van der Waals surface area (Å²) < 4.78 is 27.6. The first-order chi connectivity index (χ1) is 14.6. The number of fused-ring (bicyclic) bond motifs is 1. The predicted molar refractivity (Wildman–Crippen MR) is 116 cm³/mol. The van der Waals surface area contributed by atoms with Gasteiger partial charge in [-0.3, -0.25) is 4.90 Å². The molecule has 1 aliphatic carbocycles. The van der Waals surface area contributed by atoms with E-state index in [1.165, 1.54) is 19.3 Å². The van der Waals surface area contributed by atoms with Crippen molar-refractivity contribution in [1.29, 1.82) is 0 Å². The maximum Gasteiger partial charge on any atom is 0.243 e. The van der Waals surface area contributed by atoms with Crippen molar-refractivity contribution in [2.75, 3.05) is 44.2 Å². The molecule has 0 amide bonds. The monoisotopic (exact) mass is 427 g/mol. The molecule has 1 saturated carbocycles. The van der Waals surface area contributed by atoms with Crippen molar-refractivity contribution in [1.82, 2.24) is 19.2 Å². The zero-order valence-electron chi connectivity index (χ0n) is 17.3. The standard InChI is InChI=1S/C22H29N5O2S/c28-30(29,20-7-2-1-3-8-20)27-11-9-18-17-23-22(24-21(18)10-12-27)26-15-13-25(14-16-26)19-5-4-6-19/h1-3,7-8,17,19H,4-6,9-16H2. The number of hydrogen-bond donors (Lipinski definition) is 0. The molecule has 2 aromatic rings. The predicted octanol–water partition coefficient (Wildman–Crippen LogP) is 1.94. The highest BCUT2D eigenvalue weighted by Gasteiger charge is 2.30. The first-order valence-electron chi connectivity index (χ1n) is 11.0. The lowest BCUT2D eigenvalue weighted by atomic mass is 9.91. The molecule has 0 bridgehead atoms. The molecule has 30 heavy (non-hydrogen) atoms. The average Bonchev–Trinajstić information content (AvgIpc) is 2.96. The van der Waals surface area contributed by atoms with Gasteiger partial charge in [-0.2, -0.15) is 4.31 Å². The number of nitrogens with zero attached hydrogens (tertiary/aromatic N) is 5. The van der Waals surface area contributed by atoms with Crippen LogP contribution in [-0.4, -0.2) is 72.9 Å². The van der Waals surface area contributed by atoms with Gasteiger partial charge in [-0.25, -0.2) is 18.4 Å². The highest BCUT2D eigenvalue weighted by molar-refractivity contribution is 7.89. The summed E-state index contributed by atoms with van der Waals surface area (Å²) in [6, 6.07) is 9.48. The van der Waals surface area contributed by atoms with Crippen LogP contribution in [0.15, 0.2) is 41.4 Å². The molecule has 1 saturated heterocycles. The summed E-state index contributed by atoms with van der Waals surface area (Å²) in [5, 5.41) is 0. The molecule has 8 heteroatoms. The number of benzene rings is 1. The van der Waals surface area contributed by atoms with Crippen LogP contribution in [0.3, 0.4) is 0 Å². The second-order valence-corrected chi connectivity index (χ2v) is 10.4. The van der Waals surface area contributed by atoms with Gasteiger partial charge in [-0.1, -0.05) is 24.6 Å². The number of sulfonamides is 1. The molecular formula is C22H29N5O2S. The van der Waals surface area contributed by atoms with Gasteiger partial charge in [0, 0.05) is 57.9 Å². The molecule has 1 aromatic carbocycles. The third-order valence-corrected chi connectivity index (χ3v) is 8.65. The van der Waals surface area contributed by atoms with Gasteiger partial charge in [-0.05, 0) is 37.0 Å². The Bertz CT molecular complexity index is 986. The summed E-state index contributed by atoms with van der Waals surface area (Å²) in [5.74, 6) is 0.793. The van der Waals surface area contributed by atoms with Gasteiger partial charge in [0.15, 0.2) is 0 Å². The Balaban J connectivity index is 1.27. The SMILES string of the molecule is O=S(=O)(c1ccccc1)N1CCc2cnc(N3CCN(C4CCC4)CC3)nc2CC1. The number of aromatic nitrogens is 2. The van der Waals surface area contributed by atoms with E-state index in [9.17, 15) is 8.42 Å². The van der Waals surface area contributed by atoms with Crippen LogP contribution >= 0.6 is 0 Å². The van der Waals surface area contributed by atoms with Crippen molar-refractivity contribution in [2.24, 2.45) is 0 Å². The van der Waals surface area contributed by atoms with E-state index in [0.29, 0.717) is 30.8 Å². The van der Waals surface area contributed by atoms with E-state index in [2.05, 4.69) is 14.8 Å². The van der Waals surface area contributed by atoms with E-state index >= 15 is 0 Å². The van der Waals surface area contributed by atoms with Crippen LogP contribution in [0.1, 0.15) is 30.5 Å². The minimum absolute atomic E-state index is 0.354. The quantitative estimate of drug-likeness (QED) is 0.743. The van der Waals surface area contributed by atoms with Crippen molar-refractivity contribution in [3.8, 4) is 0 Å². The molecule has 3 heterocycles. The third-order valence-electron chi connectivity index (χ3n) is 6.74. The maximum atomic E-state index is 13.0. The fourth-order valence-corrected chi connectivity index (χ4v) is 6.08. The second kappa shape index (κ2) is 8.24. The smallest absolute Gasteiger partial charge is 0.243 e. The van der Waals surface area contributed by atoms with Gasteiger partial charge < -0.3 is 4.90 Å². The van der Waals surface area contributed by atoms with E-state index in [1.807, 2.05) is 12.3 Å². The van der Waals surface area contributed by atoms with Crippen LogP contribution < -0.4 is 4.90 Å². The summed E-state index contributed by atoms with van der Waals surface area (Å²) in [7, 11) is -3.48. The van der Waals surface area contributed by atoms with Crippen LogP contribution in [-0.2, 0) is 22.9 Å². The van der Waals surface area contributed by atoms with Crippen molar-refractivity contribution in [3.05, 3.63) is 47.8 Å². The lowest BCUT2D eigenvalue weighted by Crippen LogP contribution is -2.52. The van der Waals surface area contributed by atoms with Crippen molar-refractivity contribution < 1.29 is 8.42 Å². The largest absolute Gasteiger partial charge is 0.338 e. The topological polar surface area (TPSA) is 69.6 Å². The summed E-state index contributed by atoms with van der Waals surface area (Å²) in [6.45, 7) is 5.00. The van der Waals surface area contributed by atoms with Crippen LogP contribution in [0, 0.1) is 0 Å². The lowest BCUT2D eigenvalue weighted by Gasteiger charge is -2.43. The molecule has 7 nitrogen and oxygen atoms in total. The summed E-state index contributed by atoms with van der Waals surface area (Å²) >= 11 is 0. The summed E-state index contributed by atoms with van der Waals surface area (Å²) in [4.78, 5) is 14.7. The van der Waals surface area contributed by atoms with E-state index < -0.39 is 10.0 Å². The van der Waals surface area contributed by atoms with Gasteiger partial charge in [-0.15, -0.1) is 0 Å². The van der Waals surface area contributed by atoms with Crippen molar-refractivity contribution in [3.63, 3.8) is 0 Å².